The summed E-state index contributed by atoms with van der Waals surface area (Å²) in [5.41, 5.74) is 2.57. The fourth-order valence-electron chi connectivity index (χ4n) is 3.54. The van der Waals surface area contributed by atoms with E-state index in [1.807, 2.05) is 0 Å². The van der Waals surface area contributed by atoms with Crippen molar-refractivity contribution in [2.24, 2.45) is 5.92 Å². The molecule has 110 valence electrons. The van der Waals surface area contributed by atoms with Gasteiger partial charge in [0.1, 0.15) is 12.1 Å². The highest BCUT2D eigenvalue weighted by molar-refractivity contribution is 5.46. The average molecular weight is 275 g/mol. The minimum Gasteiger partial charge on any atom is -0.393 e. The van der Waals surface area contributed by atoms with Crippen molar-refractivity contribution in [2.75, 3.05) is 11.9 Å². The second-order valence-corrected chi connectivity index (χ2v) is 6.28. The molecule has 2 unspecified atom stereocenters. The summed E-state index contributed by atoms with van der Waals surface area (Å²) < 4.78 is 0. The van der Waals surface area contributed by atoms with E-state index in [0.29, 0.717) is 5.92 Å². The van der Waals surface area contributed by atoms with Crippen LogP contribution in [0.4, 0.5) is 5.82 Å². The number of aromatic nitrogens is 2. The summed E-state index contributed by atoms with van der Waals surface area (Å²) >= 11 is 0. The Hall–Kier alpha value is -1.16. The lowest BCUT2D eigenvalue weighted by Gasteiger charge is -2.26. The standard InChI is InChI=1S/C16H25N3O/c20-13-6-4-5-12(9-13)10-17-16-14-7-2-1-3-8-15(14)18-11-19-16/h11-13,20H,1-10H2,(H,17,18,19). The van der Waals surface area contributed by atoms with Gasteiger partial charge in [0, 0.05) is 17.8 Å². The highest BCUT2D eigenvalue weighted by atomic mass is 16.3. The van der Waals surface area contributed by atoms with Gasteiger partial charge in [-0.25, -0.2) is 9.97 Å². The first-order valence-electron chi connectivity index (χ1n) is 8.07. The predicted octanol–water partition coefficient (Wildman–Crippen LogP) is 2.71. The predicted molar refractivity (Wildman–Crippen MR) is 79.7 cm³/mol. The molecule has 0 radical (unpaired) electrons. The van der Waals surface area contributed by atoms with Crippen molar-refractivity contribution in [3.63, 3.8) is 0 Å². The van der Waals surface area contributed by atoms with Crippen LogP contribution < -0.4 is 5.32 Å². The van der Waals surface area contributed by atoms with Gasteiger partial charge < -0.3 is 10.4 Å². The van der Waals surface area contributed by atoms with E-state index in [2.05, 4.69) is 15.3 Å². The molecule has 4 nitrogen and oxygen atoms in total. The third kappa shape index (κ3) is 3.29. The number of aryl methyl sites for hydroxylation is 1. The van der Waals surface area contributed by atoms with Crippen LogP contribution in [0.2, 0.25) is 0 Å². The lowest BCUT2D eigenvalue weighted by molar-refractivity contribution is 0.104. The van der Waals surface area contributed by atoms with Crippen LogP contribution in [-0.2, 0) is 12.8 Å². The third-order valence-electron chi connectivity index (χ3n) is 4.69. The Morgan fingerprint density at radius 1 is 1.10 bits per heavy atom. The summed E-state index contributed by atoms with van der Waals surface area (Å²) in [6, 6.07) is 0. The zero-order chi connectivity index (χ0) is 13.8. The molecule has 0 saturated heterocycles. The number of aliphatic hydroxyl groups is 1. The highest BCUT2D eigenvalue weighted by Crippen LogP contribution is 2.27. The van der Waals surface area contributed by atoms with Gasteiger partial charge >= 0.3 is 0 Å². The number of nitrogens with zero attached hydrogens (tertiary/aromatic N) is 2. The summed E-state index contributed by atoms with van der Waals surface area (Å²) in [5.74, 6) is 1.62. The molecule has 1 aromatic rings. The molecule has 1 aromatic heterocycles. The quantitative estimate of drug-likeness (QED) is 0.833. The molecule has 3 rings (SSSR count). The molecule has 1 fully saturated rings. The molecule has 0 bridgehead atoms. The van der Waals surface area contributed by atoms with E-state index < -0.39 is 0 Å². The molecule has 2 N–H and O–H groups in total. The minimum absolute atomic E-state index is 0.0990. The van der Waals surface area contributed by atoms with Crippen LogP contribution in [-0.4, -0.2) is 27.7 Å². The van der Waals surface area contributed by atoms with Gasteiger partial charge in [-0.2, -0.15) is 0 Å². The molecule has 0 spiro atoms. The Kier molecular flexibility index (Phi) is 4.51. The molecule has 20 heavy (non-hydrogen) atoms. The van der Waals surface area contributed by atoms with Crippen molar-refractivity contribution >= 4 is 5.82 Å². The fourth-order valence-corrected chi connectivity index (χ4v) is 3.54. The van der Waals surface area contributed by atoms with Gasteiger partial charge in [0.25, 0.3) is 0 Å². The second-order valence-electron chi connectivity index (χ2n) is 6.28. The van der Waals surface area contributed by atoms with Crippen LogP contribution in [0.3, 0.4) is 0 Å². The normalized spacial score (nSPS) is 26.6. The van der Waals surface area contributed by atoms with Gasteiger partial charge in [-0.3, -0.25) is 0 Å². The van der Waals surface area contributed by atoms with Crippen molar-refractivity contribution in [3.8, 4) is 0 Å². The molecule has 2 aliphatic rings. The zero-order valence-electron chi connectivity index (χ0n) is 12.1. The van der Waals surface area contributed by atoms with Crippen molar-refractivity contribution in [3.05, 3.63) is 17.6 Å². The first-order valence-corrected chi connectivity index (χ1v) is 8.07. The van der Waals surface area contributed by atoms with Crippen molar-refractivity contribution < 1.29 is 5.11 Å². The monoisotopic (exact) mass is 275 g/mol. The van der Waals surface area contributed by atoms with Gasteiger partial charge in [-0.05, 0) is 50.9 Å². The third-order valence-corrected chi connectivity index (χ3v) is 4.69. The summed E-state index contributed by atoms with van der Waals surface area (Å²) in [5, 5.41) is 13.3. The van der Waals surface area contributed by atoms with Gasteiger partial charge in [-0.15, -0.1) is 0 Å². The van der Waals surface area contributed by atoms with Crippen molar-refractivity contribution in [1.29, 1.82) is 0 Å². The topological polar surface area (TPSA) is 58.0 Å². The summed E-state index contributed by atoms with van der Waals surface area (Å²) in [6.45, 7) is 0.931. The Balaban J connectivity index is 1.65. The van der Waals surface area contributed by atoms with E-state index >= 15 is 0 Å². The summed E-state index contributed by atoms with van der Waals surface area (Å²) in [4.78, 5) is 8.91. The molecule has 4 heteroatoms. The molecule has 1 heterocycles. The molecule has 2 aliphatic carbocycles. The molecule has 1 saturated carbocycles. The zero-order valence-corrected chi connectivity index (χ0v) is 12.1. The van der Waals surface area contributed by atoms with Crippen LogP contribution in [0.1, 0.15) is 56.2 Å². The number of aliphatic hydroxyl groups excluding tert-OH is 1. The van der Waals surface area contributed by atoms with Crippen LogP contribution in [0, 0.1) is 5.92 Å². The number of hydrogen-bond donors (Lipinski definition) is 2. The Labute approximate surface area is 121 Å². The maximum absolute atomic E-state index is 9.75. The Bertz CT molecular complexity index is 449. The smallest absolute Gasteiger partial charge is 0.132 e. The lowest BCUT2D eigenvalue weighted by atomic mass is 9.87. The van der Waals surface area contributed by atoms with Gasteiger partial charge in [0.15, 0.2) is 0 Å². The number of hydrogen-bond acceptors (Lipinski definition) is 4. The van der Waals surface area contributed by atoms with Crippen LogP contribution in [0.5, 0.6) is 0 Å². The number of nitrogens with one attached hydrogen (secondary N) is 1. The van der Waals surface area contributed by atoms with E-state index in [1.54, 1.807) is 6.33 Å². The highest BCUT2D eigenvalue weighted by Gasteiger charge is 2.21. The molecule has 0 amide bonds. The van der Waals surface area contributed by atoms with Gasteiger partial charge in [-0.1, -0.05) is 12.8 Å². The minimum atomic E-state index is -0.0990. The van der Waals surface area contributed by atoms with Crippen molar-refractivity contribution in [2.45, 2.75) is 63.9 Å². The van der Waals surface area contributed by atoms with Crippen LogP contribution in [0.15, 0.2) is 6.33 Å². The molecular formula is C16H25N3O. The Morgan fingerprint density at radius 3 is 2.90 bits per heavy atom. The number of fused-ring (bicyclic) bond motifs is 1. The first-order chi connectivity index (χ1) is 9.83. The van der Waals surface area contributed by atoms with Gasteiger partial charge in [0.05, 0.1) is 6.10 Å². The molecule has 2 atom stereocenters. The number of rotatable bonds is 3. The lowest BCUT2D eigenvalue weighted by Crippen LogP contribution is -2.25. The molecular weight excluding hydrogens is 250 g/mol. The van der Waals surface area contributed by atoms with E-state index in [-0.39, 0.29) is 6.10 Å². The van der Waals surface area contributed by atoms with E-state index in [0.717, 1.165) is 44.5 Å². The fraction of sp³-hybridized carbons (Fsp3) is 0.750. The van der Waals surface area contributed by atoms with E-state index in [4.69, 9.17) is 0 Å². The maximum Gasteiger partial charge on any atom is 0.132 e. The van der Waals surface area contributed by atoms with Crippen LogP contribution >= 0.6 is 0 Å². The average Bonchev–Trinajstić information content (AvgIpc) is 2.71. The van der Waals surface area contributed by atoms with E-state index in [1.165, 1.54) is 36.9 Å². The first kappa shape index (κ1) is 13.8. The largest absolute Gasteiger partial charge is 0.393 e. The SMILES string of the molecule is OC1CCCC(CNc2ncnc3c2CCCCC3)C1. The van der Waals surface area contributed by atoms with Crippen molar-refractivity contribution in [1.82, 2.24) is 9.97 Å². The summed E-state index contributed by atoms with van der Waals surface area (Å²) in [6.07, 6.45) is 11.9. The summed E-state index contributed by atoms with van der Waals surface area (Å²) in [7, 11) is 0. The molecule has 0 aromatic carbocycles. The van der Waals surface area contributed by atoms with E-state index in [9.17, 15) is 5.11 Å². The van der Waals surface area contributed by atoms with Crippen LogP contribution in [0.25, 0.3) is 0 Å². The Morgan fingerprint density at radius 2 is 2.00 bits per heavy atom. The maximum atomic E-state index is 9.75. The molecule has 0 aliphatic heterocycles. The van der Waals surface area contributed by atoms with Gasteiger partial charge in [0.2, 0.25) is 0 Å². The second kappa shape index (κ2) is 6.53. The number of anilines is 1.